The molecule has 3 aliphatic rings. The smallest absolute Gasteiger partial charge is 0.328 e. The second-order valence-electron chi connectivity index (χ2n) is 7.38. The molecule has 8 nitrogen and oxygen atoms in total. The number of guanidine groups is 1. The van der Waals surface area contributed by atoms with Crippen molar-refractivity contribution in [2.45, 2.75) is 38.5 Å². The van der Waals surface area contributed by atoms with Gasteiger partial charge in [-0.1, -0.05) is 30.3 Å². The van der Waals surface area contributed by atoms with Gasteiger partial charge in [-0.15, -0.1) is 0 Å². The molecule has 3 atom stereocenters. The number of allylic oxidation sites excluding steroid dienone is 1. The normalized spacial score (nSPS) is 25.0. The lowest BCUT2D eigenvalue weighted by atomic mass is 10.1. The standard InChI is InChI=1S/C20H25N5O3/c1-13-12-24-16-17(22(3)20(28)23(18(16)27)10-7-11-26)21-19(24)25(13)14(2)15-8-5-4-6-9-15/h4-6,8-9,12,14,16-17,26H,7,10-11H2,1-3H3. The zero-order valence-electron chi connectivity index (χ0n) is 16.3. The molecule has 1 saturated heterocycles. The quantitative estimate of drug-likeness (QED) is 0.835. The maximum Gasteiger partial charge on any atom is 0.328 e. The highest BCUT2D eigenvalue weighted by Crippen LogP contribution is 2.38. The summed E-state index contributed by atoms with van der Waals surface area (Å²) in [7, 11) is 1.67. The largest absolute Gasteiger partial charge is 0.396 e. The number of carbonyl (C=O) groups is 2. The highest BCUT2D eigenvalue weighted by Gasteiger charge is 2.54. The van der Waals surface area contributed by atoms with Crippen LogP contribution in [0.25, 0.3) is 0 Å². The van der Waals surface area contributed by atoms with E-state index in [1.807, 2.05) is 36.2 Å². The molecule has 0 spiro atoms. The van der Waals surface area contributed by atoms with Crippen LogP contribution in [0.5, 0.6) is 0 Å². The Morgan fingerprint density at radius 2 is 1.93 bits per heavy atom. The molecule has 3 aliphatic heterocycles. The maximum absolute atomic E-state index is 13.1. The second-order valence-corrected chi connectivity index (χ2v) is 7.38. The lowest BCUT2D eigenvalue weighted by molar-refractivity contribution is -0.136. The van der Waals surface area contributed by atoms with E-state index in [9.17, 15) is 9.59 Å². The average molecular weight is 383 g/mol. The Balaban J connectivity index is 1.65. The molecule has 0 aromatic heterocycles. The van der Waals surface area contributed by atoms with Gasteiger partial charge in [0.15, 0.2) is 12.2 Å². The fourth-order valence-electron chi connectivity index (χ4n) is 4.17. The van der Waals surface area contributed by atoms with Crippen LogP contribution in [0, 0.1) is 0 Å². The molecule has 4 rings (SSSR count). The molecular formula is C20H25N5O3. The summed E-state index contributed by atoms with van der Waals surface area (Å²) in [4.78, 5) is 37.2. The Labute approximate surface area is 164 Å². The number of fused-ring (bicyclic) bond motifs is 3. The number of aliphatic imine (C=N–C) groups is 1. The first-order chi connectivity index (χ1) is 13.5. The van der Waals surface area contributed by atoms with Crippen molar-refractivity contribution >= 4 is 17.9 Å². The molecule has 1 N–H and O–H groups in total. The van der Waals surface area contributed by atoms with Gasteiger partial charge in [-0.25, -0.2) is 9.79 Å². The number of aliphatic hydroxyl groups is 1. The van der Waals surface area contributed by atoms with Gasteiger partial charge in [0, 0.05) is 32.1 Å². The minimum atomic E-state index is -0.570. The van der Waals surface area contributed by atoms with Crippen molar-refractivity contribution in [2.24, 2.45) is 4.99 Å². The number of rotatable bonds is 5. The minimum absolute atomic E-state index is 0.0444. The van der Waals surface area contributed by atoms with E-state index in [0.717, 1.165) is 11.3 Å². The number of aliphatic hydroxyl groups excluding tert-OH is 1. The summed E-state index contributed by atoms with van der Waals surface area (Å²) in [5.41, 5.74) is 2.15. The van der Waals surface area contributed by atoms with Gasteiger partial charge in [0.1, 0.15) is 0 Å². The summed E-state index contributed by atoms with van der Waals surface area (Å²) < 4.78 is 0. The van der Waals surface area contributed by atoms with Crippen LogP contribution in [0.1, 0.15) is 31.9 Å². The van der Waals surface area contributed by atoms with Crippen molar-refractivity contribution in [3.8, 4) is 0 Å². The van der Waals surface area contributed by atoms with Crippen molar-refractivity contribution in [1.82, 2.24) is 19.6 Å². The zero-order valence-corrected chi connectivity index (χ0v) is 16.3. The lowest BCUT2D eigenvalue weighted by Crippen LogP contribution is -2.64. The van der Waals surface area contributed by atoms with Gasteiger partial charge in [-0.2, -0.15) is 0 Å². The molecule has 3 heterocycles. The molecule has 148 valence electrons. The predicted octanol–water partition coefficient (Wildman–Crippen LogP) is 1.57. The summed E-state index contributed by atoms with van der Waals surface area (Å²) in [6.07, 6.45) is 1.76. The predicted molar refractivity (Wildman–Crippen MR) is 104 cm³/mol. The monoisotopic (exact) mass is 383 g/mol. The highest BCUT2D eigenvalue weighted by molar-refractivity contribution is 6.04. The van der Waals surface area contributed by atoms with E-state index in [1.165, 1.54) is 9.80 Å². The Hall–Kier alpha value is -2.87. The Morgan fingerprint density at radius 1 is 1.21 bits per heavy atom. The van der Waals surface area contributed by atoms with E-state index in [2.05, 4.69) is 24.0 Å². The van der Waals surface area contributed by atoms with Gasteiger partial charge >= 0.3 is 6.03 Å². The molecule has 3 unspecified atom stereocenters. The van der Waals surface area contributed by atoms with Crippen LogP contribution in [-0.2, 0) is 4.79 Å². The van der Waals surface area contributed by atoms with Crippen molar-refractivity contribution in [3.63, 3.8) is 0 Å². The van der Waals surface area contributed by atoms with Crippen LogP contribution in [0.3, 0.4) is 0 Å². The van der Waals surface area contributed by atoms with Gasteiger partial charge in [-0.05, 0) is 25.8 Å². The number of amides is 3. The Kier molecular flexibility index (Phi) is 4.58. The third-order valence-electron chi connectivity index (χ3n) is 5.64. The highest BCUT2D eigenvalue weighted by atomic mass is 16.3. The topological polar surface area (TPSA) is 79.7 Å². The fourth-order valence-corrected chi connectivity index (χ4v) is 4.17. The van der Waals surface area contributed by atoms with E-state index in [4.69, 9.17) is 10.1 Å². The number of hydrogen-bond donors (Lipinski definition) is 1. The Bertz CT molecular complexity index is 853. The van der Waals surface area contributed by atoms with Crippen LogP contribution < -0.4 is 0 Å². The molecule has 0 saturated carbocycles. The van der Waals surface area contributed by atoms with Gasteiger partial charge in [0.05, 0.1) is 6.04 Å². The average Bonchev–Trinajstić information content (AvgIpc) is 3.21. The maximum atomic E-state index is 13.1. The molecule has 28 heavy (non-hydrogen) atoms. The third-order valence-corrected chi connectivity index (χ3v) is 5.64. The van der Waals surface area contributed by atoms with E-state index in [0.29, 0.717) is 12.4 Å². The molecular weight excluding hydrogens is 358 g/mol. The van der Waals surface area contributed by atoms with Gasteiger partial charge in [-0.3, -0.25) is 9.69 Å². The number of urea groups is 1. The number of likely N-dealkylation sites (N-methyl/N-ethyl adjacent to an activating group) is 1. The first-order valence-electron chi connectivity index (χ1n) is 9.53. The van der Waals surface area contributed by atoms with Gasteiger partial charge in [0.2, 0.25) is 5.96 Å². The molecule has 3 amide bonds. The van der Waals surface area contributed by atoms with Crippen LogP contribution in [0.2, 0.25) is 0 Å². The lowest BCUT2D eigenvalue weighted by Gasteiger charge is -2.40. The van der Waals surface area contributed by atoms with Crippen LogP contribution in [-0.4, -0.2) is 75.0 Å². The van der Waals surface area contributed by atoms with Crippen LogP contribution in [0.4, 0.5) is 4.79 Å². The molecule has 1 aromatic carbocycles. The van der Waals surface area contributed by atoms with Crippen molar-refractivity contribution in [3.05, 3.63) is 47.8 Å². The van der Waals surface area contributed by atoms with E-state index in [-0.39, 0.29) is 31.1 Å². The van der Waals surface area contributed by atoms with Gasteiger partial charge < -0.3 is 19.8 Å². The Morgan fingerprint density at radius 3 is 2.61 bits per heavy atom. The minimum Gasteiger partial charge on any atom is -0.396 e. The molecule has 8 heteroatoms. The summed E-state index contributed by atoms with van der Waals surface area (Å²) in [6, 6.07) is 9.24. The van der Waals surface area contributed by atoms with Gasteiger partial charge in [0.25, 0.3) is 5.91 Å². The first-order valence-corrected chi connectivity index (χ1v) is 9.53. The molecule has 1 aromatic rings. The van der Waals surface area contributed by atoms with E-state index < -0.39 is 12.2 Å². The van der Waals surface area contributed by atoms with E-state index >= 15 is 0 Å². The zero-order chi connectivity index (χ0) is 20.0. The number of benzene rings is 1. The molecule has 0 aliphatic carbocycles. The van der Waals surface area contributed by atoms with Crippen molar-refractivity contribution < 1.29 is 14.7 Å². The van der Waals surface area contributed by atoms with Crippen LogP contribution in [0.15, 0.2) is 47.2 Å². The summed E-state index contributed by atoms with van der Waals surface area (Å²) in [5, 5.41) is 9.10. The molecule has 1 fully saturated rings. The first kappa shape index (κ1) is 18.5. The van der Waals surface area contributed by atoms with Crippen molar-refractivity contribution in [2.75, 3.05) is 20.2 Å². The number of carbonyl (C=O) groups excluding carboxylic acids is 2. The fraction of sp³-hybridized carbons (Fsp3) is 0.450. The van der Waals surface area contributed by atoms with E-state index in [1.54, 1.807) is 7.05 Å². The summed E-state index contributed by atoms with van der Waals surface area (Å²) in [6.45, 7) is 4.24. The molecule has 0 radical (unpaired) electrons. The van der Waals surface area contributed by atoms with Crippen molar-refractivity contribution in [1.29, 1.82) is 0 Å². The second kappa shape index (κ2) is 6.94. The summed E-state index contributed by atoms with van der Waals surface area (Å²) in [5.74, 6) is 0.430. The summed E-state index contributed by atoms with van der Waals surface area (Å²) >= 11 is 0. The molecule has 0 bridgehead atoms. The number of nitrogens with zero attached hydrogens (tertiary/aromatic N) is 5. The number of hydrogen-bond acceptors (Lipinski definition) is 6. The van der Waals surface area contributed by atoms with Crippen LogP contribution >= 0.6 is 0 Å². The SMILES string of the molecule is CC1=CN2C(=NC3C2C(=O)N(CCCO)C(=O)N3C)N1C(C)c1ccccc1. The third kappa shape index (κ3) is 2.67. The number of imide groups is 1.